The van der Waals surface area contributed by atoms with Gasteiger partial charge in [0.05, 0.1) is 24.0 Å². The minimum atomic E-state index is -0.114. The Hall–Kier alpha value is -2.08. The monoisotopic (exact) mass is 289 g/mol. The first kappa shape index (κ1) is 13.9. The van der Waals surface area contributed by atoms with Crippen LogP contribution in [0.4, 0.5) is 10.5 Å². The first-order chi connectivity index (χ1) is 10.3. The standard InChI is InChI=1S/C15H19N3O3/c19-15(16-11-7-9-21-10-11)18-8-3-5-13(17-20)12-4-1-2-6-14(12)18/h1-2,4,6,11,20H,3,5,7-10H2,(H,16,19)/b17-13-. The van der Waals surface area contributed by atoms with E-state index in [9.17, 15) is 4.79 Å². The summed E-state index contributed by atoms with van der Waals surface area (Å²) in [7, 11) is 0. The fourth-order valence-corrected chi connectivity index (χ4v) is 2.83. The van der Waals surface area contributed by atoms with E-state index >= 15 is 0 Å². The van der Waals surface area contributed by atoms with Gasteiger partial charge >= 0.3 is 6.03 Å². The molecule has 2 amide bonds. The van der Waals surface area contributed by atoms with E-state index < -0.39 is 0 Å². The minimum absolute atomic E-state index is 0.0823. The van der Waals surface area contributed by atoms with Gasteiger partial charge in [0.25, 0.3) is 0 Å². The summed E-state index contributed by atoms with van der Waals surface area (Å²) < 4.78 is 5.29. The number of nitrogens with one attached hydrogen (secondary N) is 1. The molecule has 1 aromatic carbocycles. The van der Waals surface area contributed by atoms with Crippen LogP contribution in [0.1, 0.15) is 24.8 Å². The minimum Gasteiger partial charge on any atom is -0.411 e. The van der Waals surface area contributed by atoms with Crippen LogP contribution in [0.3, 0.4) is 0 Å². The number of oxime groups is 1. The van der Waals surface area contributed by atoms with Crippen molar-refractivity contribution in [1.82, 2.24) is 5.32 Å². The van der Waals surface area contributed by atoms with E-state index in [-0.39, 0.29) is 12.1 Å². The lowest BCUT2D eigenvalue weighted by Gasteiger charge is -2.24. The van der Waals surface area contributed by atoms with Crippen LogP contribution in [0.5, 0.6) is 0 Å². The van der Waals surface area contributed by atoms with Gasteiger partial charge < -0.3 is 15.3 Å². The van der Waals surface area contributed by atoms with Crippen molar-refractivity contribution in [1.29, 1.82) is 0 Å². The molecule has 2 aliphatic rings. The van der Waals surface area contributed by atoms with Crippen molar-refractivity contribution in [2.24, 2.45) is 5.16 Å². The molecule has 1 atom stereocenters. The van der Waals surface area contributed by atoms with Crippen molar-refractivity contribution in [2.45, 2.75) is 25.3 Å². The molecule has 112 valence electrons. The van der Waals surface area contributed by atoms with E-state index in [1.54, 1.807) is 4.90 Å². The second-order valence-corrected chi connectivity index (χ2v) is 5.33. The zero-order valence-corrected chi connectivity index (χ0v) is 11.8. The average Bonchev–Trinajstić information content (AvgIpc) is 2.93. The first-order valence-electron chi connectivity index (χ1n) is 7.25. The highest BCUT2D eigenvalue weighted by molar-refractivity contribution is 6.08. The highest BCUT2D eigenvalue weighted by atomic mass is 16.5. The van der Waals surface area contributed by atoms with Crippen molar-refractivity contribution in [3.05, 3.63) is 29.8 Å². The summed E-state index contributed by atoms with van der Waals surface area (Å²) in [6.45, 7) is 1.88. The third-order valence-corrected chi connectivity index (χ3v) is 3.92. The summed E-state index contributed by atoms with van der Waals surface area (Å²) in [4.78, 5) is 14.2. The maximum atomic E-state index is 12.5. The summed E-state index contributed by atoms with van der Waals surface area (Å²) in [5.74, 6) is 0. The number of anilines is 1. The van der Waals surface area contributed by atoms with Crippen LogP contribution in [0.15, 0.2) is 29.4 Å². The molecule has 2 aliphatic heterocycles. The third kappa shape index (κ3) is 2.85. The molecule has 3 rings (SSSR count). The second kappa shape index (κ2) is 6.13. The van der Waals surface area contributed by atoms with E-state index in [1.165, 1.54) is 0 Å². The molecular formula is C15H19N3O3. The number of rotatable bonds is 1. The van der Waals surface area contributed by atoms with Crippen molar-refractivity contribution in [2.75, 3.05) is 24.7 Å². The van der Waals surface area contributed by atoms with Crippen LogP contribution in [0, 0.1) is 0 Å². The smallest absolute Gasteiger partial charge is 0.322 e. The molecule has 21 heavy (non-hydrogen) atoms. The summed E-state index contributed by atoms with van der Waals surface area (Å²) in [6.07, 6.45) is 2.27. The van der Waals surface area contributed by atoms with E-state index in [0.29, 0.717) is 31.9 Å². The Bertz CT molecular complexity index is 553. The lowest BCUT2D eigenvalue weighted by atomic mass is 10.1. The second-order valence-electron chi connectivity index (χ2n) is 5.33. The van der Waals surface area contributed by atoms with Crippen LogP contribution in [0.25, 0.3) is 0 Å². The Kier molecular flexibility index (Phi) is 4.06. The predicted molar refractivity (Wildman–Crippen MR) is 79.1 cm³/mol. The number of ether oxygens (including phenoxy) is 1. The highest BCUT2D eigenvalue weighted by Crippen LogP contribution is 2.26. The lowest BCUT2D eigenvalue weighted by molar-refractivity contribution is 0.189. The van der Waals surface area contributed by atoms with Crippen LogP contribution in [-0.2, 0) is 4.74 Å². The van der Waals surface area contributed by atoms with Crippen LogP contribution < -0.4 is 10.2 Å². The summed E-state index contributed by atoms with van der Waals surface area (Å²) in [5, 5.41) is 15.6. The molecule has 2 N–H and O–H groups in total. The molecule has 1 saturated heterocycles. The molecule has 1 fully saturated rings. The maximum absolute atomic E-state index is 12.5. The molecule has 0 aliphatic carbocycles. The van der Waals surface area contributed by atoms with Crippen molar-refractivity contribution in [3.8, 4) is 0 Å². The van der Waals surface area contributed by atoms with E-state index in [1.807, 2.05) is 24.3 Å². The molecule has 6 heteroatoms. The fourth-order valence-electron chi connectivity index (χ4n) is 2.83. The zero-order valence-electron chi connectivity index (χ0n) is 11.8. The molecule has 1 aromatic rings. The Labute approximate surface area is 123 Å². The molecule has 1 unspecified atom stereocenters. The first-order valence-corrected chi connectivity index (χ1v) is 7.25. The molecule has 0 spiro atoms. The molecule has 0 aromatic heterocycles. The lowest BCUT2D eigenvalue weighted by Crippen LogP contribution is -2.45. The number of para-hydroxylation sites is 1. The number of nitrogens with zero attached hydrogens (tertiary/aromatic N) is 2. The molecule has 0 bridgehead atoms. The Morgan fingerprint density at radius 3 is 3.05 bits per heavy atom. The maximum Gasteiger partial charge on any atom is 0.322 e. The highest BCUT2D eigenvalue weighted by Gasteiger charge is 2.26. The molecule has 0 radical (unpaired) electrons. The van der Waals surface area contributed by atoms with Crippen molar-refractivity contribution in [3.63, 3.8) is 0 Å². The van der Waals surface area contributed by atoms with E-state index in [4.69, 9.17) is 9.94 Å². The van der Waals surface area contributed by atoms with Crippen LogP contribution >= 0.6 is 0 Å². The van der Waals surface area contributed by atoms with Gasteiger partial charge in [-0.15, -0.1) is 0 Å². The van der Waals surface area contributed by atoms with Gasteiger partial charge in [-0.3, -0.25) is 4.90 Å². The van der Waals surface area contributed by atoms with Gasteiger partial charge in [0.15, 0.2) is 0 Å². The molecular weight excluding hydrogens is 270 g/mol. The topological polar surface area (TPSA) is 74.2 Å². The zero-order chi connectivity index (χ0) is 14.7. The fraction of sp³-hybridized carbons (Fsp3) is 0.467. The quantitative estimate of drug-likeness (QED) is 0.613. The Morgan fingerprint density at radius 1 is 1.43 bits per heavy atom. The van der Waals surface area contributed by atoms with Crippen molar-refractivity contribution < 1.29 is 14.7 Å². The molecule has 0 saturated carbocycles. The Balaban J connectivity index is 1.85. The van der Waals surface area contributed by atoms with E-state index in [0.717, 1.165) is 24.1 Å². The van der Waals surface area contributed by atoms with Gasteiger partial charge in [0.2, 0.25) is 0 Å². The Morgan fingerprint density at radius 2 is 2.29 bits per heavy atom. The van der Waals surface area contributed by atoms with Crippen molar-refractivity contribution >= 4 is 17.4 Å². The van der Waals surface area contributed by atoms with Gasteiger partial charge in [0, 0.05) is 18.7 Å². The number of hydrogen-bond donors (Lipinski definition) is 2. The van der Waals surface area contributed by atoms with Gasteiger partial charge in [-0.2, -0.15) is 0 Å². The molecule has 6 nitrogen and oxygen atoms in total. The van der Waals surface area contributed by atoms with Gasteiger partial charge in [0.1, 0.15) is 0 Å². The summed E-state index contributed by atoms with van der Waals surface area (Å²) >= 11 is 0. The third-order valence-electron chi connectivity index (χ3n) is 3.92. The summed E-state index contributed by atoms with van der Waals surface area (Å²) in [6, 6.07) is 7.51. The number of benzene rings is 1. The number of hydrogen-bond acceptors (Lipinski definition) is 4. The summed E-state index contributed by atoms with van der Waals surface area (Å²) in [5.41, 5.74) is 2.24. The number of carbonyl (C=O) groups is 1. The SMILES string of the molecule is O=C(NC1CCOC1)N1CCC/C(=N/O)c2ccccc21. The average molecular weight is 289 g/mol. The normalized spacial score (nSPS) is 23.7. The number of urea groups is 1. The number of carbonyl (C=O) groups excluding carboxylic acids is 1. The predicted octanol–water partition coefficient (Wildman–Crippen LogP) is 1.96. The largest absolute Gasteiger partial charge is 0.411 e. The number of fused-ring (bicyclic) bond motifs is 1. The van der Waals surface area contributed by atoms with Crippen LogP contribution in [0.2, 0.25) is 0 Å². The van der Waals surface area contributed by atoms with E-state index in [2.05, 4.69) is 10.5 Å². The van der Waals surface area contributed by atoms with Crippen LogP contribution in [-0.4, -0.2) is 42.8 Å². The van der Waals surface area contributed by atoms with Gasteiger partial charge in [-0.25, -0.2) is 4.79 Å². The number of amides is 2. The van der Waals surface area contributed by atoms with Gasteiger partial charge in [-0.1, -0.05) is 23.4 Å². The molecule has 2 heterocycles. The van der Waals surface area contributed by atoms with Gasteiger partial charge in [-0.05, 0) is 25.3 Å².